The molecule has 4 radical (unpaired) electrons. The zero-order valence-electron chi connectivity index (χ0n) is 55.2. The van der Waals surface area contributed by atoms with E-state index < -0.39 is 73.8 Å². The number of halogens is 8. The number of ether oxygens (including phenoxy) is 2. The van der Waals surface area contributed by atoms with Crippen LogP contribution >= 0.6 is 34.3 Å². The van der Waals surface area contributed by atoms with Crippen LogP contribution in [0.25, 0.3) is 21.5 Å². The molecule has 0 atom stereocenters. The Morgan fingerprint density at radius 2 is 0.968 bits per heavy atom. The number of alkyl halides is 6. The van der Waals surface area contributed by atoms with Gasteiger partial charge in [-0.25, -0.2) is 9.59 Å². The monoisotopic (exact) mass is 1450 g/mol. The summed E-state index contributed by atoms with van der Waals surface area (Å²) >= 11 is 15.2. The van der Waals surface area contributed by atoms with Crippen molar-refractivity contribution in [1.29, 1.82) is 0 Å². The summed E-state index contributed by atoms with van der Waals surface area (Å²) in [5.41, 5.74) is 2.67. The van der Waals surface area contributed by atoms with Crippen molar-refractivity contribution in [3.8, 4) is 0 Å². The summed E-state index contributed by atoms with van der Waals surface area (Å²) in [4.78, 5) is 75.3. The second kappa shape index (κ2) is 41.6. The van der Waals surface area contributed by atoms with Crippen LogP contribution in [-0.4, -0.2) is 143 Å². The highest BCUT2D eigenvalue weighted by Gasteiger charge is 2.59. The second-order valence-corrected chi connectivity index (χ2v) is 35.4. The summed E-state index contributed by atoms with van der Waals surface area (Å²) in [5.74, 6) is -7.90. The highest BCUT2D eigenvalue weighted by molar-refractivity contribution is 7.88. The molecule has 1 N–H and O–H groups in total. The molecule has 17 nitrogen and oxygen atoms in total. The Labute approximate surface area is 576 Å². The lowest BCUT2D eigenvalue weighted by Gasteiger charge is -2.28. The molecule has 0 spiro atoms. The summed E-state index contributed by atoms with van der Waals surface area (Å²) in [6.45, 7) is 22.1. The van der Waals surface area contributed by atoms with Crippen LogP contribution in [0.15, 0.2) is 60.7 Å². The van der Waals surface area contributed by atoms with Gasteiger partial charge in [-0.2, -0.15) is 45.5 Å². The van der Waals surface area contributed by atoms with Gasteiger partial charge in [-0.3, -0.25) is 29.3 Å². The number of carbonyl (C=O) groups is 6. The van der Waals surface area contributed by atoms with Gasteiger partial charge >= 0.3 is 42.8 Å². The van der Waals surface area contributed by atoms with Crippen molar-refractivity contribution in [3.05, 3.63) is 94.0 Å². The molecule has 2 fully saturated rings. The van der Waals surface area contributed by atoms with Crippen LogP contribution in [0.5, 0.6) is 0 Å². The van der Waals surface area contributed by atoms with Crippen molar-refractivity contribution in [2.45, 2.75) is 214 Å². The van der Waals surface area contributed by atoms with Crippen LogP contribution in [0.4, 0.5) is 21.4 Å². The third-order valence-electron chi connectivity index (χ3n) is 15.5. The lowest BCUT2D eigenvalue weighted by Crippen LogP contribution is -2.48. The molecule has 4 aromatic carbocycles. The number of nitrogens with zero attached hydrogens (tertiary/aromatic N) is 3. The minimum Gasteiger partial charge on any atom is -0.460 e. The number of rotatable bonds is 21. The normalized spacial score (nSPS) is 15.1. The van der Waals surface area contributed by atoms with E-state index in [1.165, 1.54) is 12.1 Å². The lowest BCUT2D eigenvalue weighted by molar-refractivity contribution is -0.163. The number of hydrogen-bond acceptors (Lipinski definition) is 15. The fourth-order valence-corrected chi connectivity index (χ4v) is 11.9. The number of amides is 4. The molecule has 0 saturated heterocycles. The molecule has 95 heavy (non-hydrogen) atoms. The molecule has 0 bridgehead atoms. The molecular formula is C65H93B2Cl3F5N3O14S2Si. The maximum Gasteiger partial charge on any atom is 0.470 e. The second-order valence-electron chi connectivity index (χ2n) is 24.1. The van der Waals surface area contributed by atoms with Crippen molar-refractivity contribution in [3.63, 3.8) is 0 Å². The Hall–Kier alpha value is -4.73. The molecule has 0 aromatic heterocycles. The van der Waals surface area contributed by atoms with Crippen molar-refractivity contribution < 1.29 is 86.0 Å². The standard InChI is InChI=1S/C26H29F2NO7S.C16H15NO3.C10H15F3O4S.C8H19N.C3H9ClSi.CH2Cl2.CH4.B2/c1-2-3-10-18-13-14-21-22-19(18)11-7-12-20(22)23(30)29(24(21)31)36-37(33,34)26(27,28)25(32)35-16-15-17-8-5-4-6-9-17;1-2-3-5-10-8-9-13-14-11(10)6-4-7-12(14)15(18)17(20)16(13)19;11-10(12,18(13,15)16)9(14)17-7-6-8-4-2-1-3-5-8;1-6-9(7(2)3)8(4)5;1-5(2,3)4;2-1-3;;1-2/h7,11-14,17H,2-6,8-10,15-16H2,1H3;4,6-9,20H,2-3,5H2,1H3;8H,1-7H2;7-8H,6H2,1-5H3;1-3H3;1H2;1H4;. The number of esters is 2. The van der Waals surface area contributed by atoms with Crippen molar-refractivity contribution in [1.82, 2.24) is 15.0 Å². The maximum atomic E-state index is 14.6. The van der Waals surface area contributed by atoms with Crippen LogP contribution in [0, 0.1) is 11.8 Å². The quantitative estimate of drug-likeness (QED) is 0.0120. The number of imide groups is 2. The first-order valence-corrected chi connectivity index (χ1v) is 39.8. The highest BCUT2D eigenvalue weighted by Crippen LogP contribution is 2.37. The van der Waals surface area contributed by atoms with E-state index in [0.29, 0.717) is 64.5 Å². The predicted octanol–water partition coefficient (Wildman–Crippen LogP) is 16.2. The average molecular weight is 1460 g/mol. The Morgan fingerprint density at radius 3 is 1.29 bits per heavy atom. The first kappa shape index (κ1) is 88.3. The molecule has 2 saturated carbocycles. The predicted molar refractivity (Wildman–Crippen MR) is 369 cm³/mol. The molecule has 30 heteroatoms. The van der Waals surface area contributed by atoms with Crippen LogP contribution in [0.1, 0.15) is 211 Å². The van der Waals surface area contributed by atoms with Gasteiger partial charge in [0, 0.05) is 38.3 Å². The fourth-order valence-electron chi connectivity index (χ4n) is 10.9. The minimum absolute atomic E-state index is 0. The molecule has 2 heterocycles. The maximum absolute atomic E-state index is 14.6. The lowest BCUT2D eigenvalue weighted by atomic mass is 9.81. The topological polar surface area (TPSA) is 228 Å². The van der Waals surface area contributed by atoms with Crippen molar-refractivity contribution in [2.75, 3.05) is 25.1 Å². The van der Waals surface area contributed by atoms with Gasteiger partial charge in [0.25, 0.3) is 23.6 Å². The Kier molecular flexibility index (Phi) is 38.7. The molecular weight excluding hydrogens is 1360 g/mol. The van der Waals surface area contributed by atoms with E-state index in [0.717, 1.165) is 119 Å². The average Bonchev–Trinajstić information content (AvgIpc) is 0.746. The van der Waals surface area contributed by atoms with Crippen LogP contribution in [0.2, 0.25) is 19.6 Å². The van der Waals surface area contributed by atoms with E-state index in [4.69, 9.17) is 34.3 Å². The van der Waals surface area contributed by atoms with Gasteiger partial charge < -0.3 is 9.47 Å². The molecule has 4 amide bonds. The summed E-state index contributed by atoms with van der Waals surface area (Å²) in [6.07, 6.45) is 16.3. The fraction of sp³-hybridized carbons (Fsp3) is 0.600. The molecule has 2 aliphatic heterocycles. The van der Waals surface area contributed by atoms with E-state index in [1.807, 2.05) is 19.1 Å². The van der Waals surface area contributed by atoms with Gasteiger partial charge in [0.1, 0.15) is 7.38 Å². The van der Waals surface area contributed by atoms with E-state index >= 15 is 0 Å². The molecule has 4 aromatic rings. The van der Waals surface area contributed by atoms with Crippen LogP contribution < -0.4 is 0 Å². The van der Waals surface area contributed by atoms with Crippen LogP contribution in [0.3, 0.4) is 0 Å². The number of aryl methyl sites for hydroxylation is 2. The third kappa shape index (κ3) is 25.8. The smallest absolute Gasteiger partial charge is 0.460 e. The van der Waals surface area contributed by atoms with Gasteiger partial charge in [-0.05, 0) is 131 Å². The van der Waals surface area contributed by atoms with Crippen LogP contribution in [-0.2, 0) is 56.5 Å². The van der Waals surface area contributed by atoms with Crippen molar-refractivity contribution >= 4 is 135 Å². The van der Waals surface area contributed by atoms with Gasteiger partial charge in [0.15, 0.2) is 0 Å². The summed E-state index contributed by atoms with van der Waals surface area (Å²) in [5, 5.41) is 2.05. The van der Waals surface area contributed by atoms with E-state index in [-0.39, 0.29) is 53.2 Å². The van der Waals surface area contributed by atoms with Gasteiger partial charge in [-0.15, -0.1) is 37.6 Å². The Balaban J connectivity index is 0.000000659. The van der Waals surface area contributed by atoms with Gasteiger partial charge in [-0.1, -0.05) is 165 Å². The minimum atomic E-state index is -6.26. The van der Waals surface area contributed by atoms with E-state index in [2.05, 4.69) is 95.3 Å². The van der Waals surface area contributed by atoms with E-state index in [9.17, 15) is 72.3 Å². The Bertz CT molecular complexity index is 3320. The Morgan fingerprint density at radius 1 is 0.632 bits per heavy atom. The van der Waals surface area contributed by atoms with Gasteiger partial charge in [0.05, 0.1) is 40.8 Å². The van der Waals surface area contributed by atoms with E-state index in [1.54, 1.807) is 36.4 Å². The number of hydrogen-bond donors (Lipinski definition) is 1. The first-order chi connectivity index (χ1) is 44.0. The number of unbranched alkanes of at least 4 members (excludes halogenated alkanes) is 2. The number of carbonyl (C=O) groups excluding carboxylic acids is 6. The third-order valence-corrected chi connectivity index (χ3v) is 17.4. The van der Waals surface area contributed by atoms with Crippen molar-refractivity contribution in [2.24, 2.45) is 11.8 Å². The molecule has 8 rings (SSSR count). The summed E-state index contributed by atoms with van der Waals surface area (Å²) in [7, 11) is -5.50. The first-order valence-electron chi connectivity index (χ1n) is 31.4. The zero-order valence-corrected chi connectivity index (χ0v) is 60.1. The number of hydroxylamine groups is 4. The SMILES string of the molecule is C.CCCCc1ccc2c3c(cccc13)C(=O)N(O)C2=O.CCCCc1ccc2c3c(cccc13)C(=O)N(OS(=O)(=O)C(F)(F)C(=O)OCCC1CCCCC1)C2=O.CCN(C(C)C)C(C)C.C[Si](C)(C)Cl.ClCCl.O=C(OCCC1CCCCC1)C(F)(F)S(=O)(=O)F.[B][B]. The largest absolute Gasteiger partial charge is 0.470 e. The number of benzene rings is 4. The molecule has 4 aliphatic rings. The molecule has 530 valence electrons. The summed E-state index contributed by atoms with van der Waals surface area (Å²) in [6, 6.07) is 18.1. The zero-order chi connectivity index (χ0) is 71.5. The molecule has 0 unspecified atom stereocenters. The van der Waals surface area contributed by atoms with Gasteiger partial charge in [0.2, 0.25) is 0 Å². The summed E-state index contributed by atoms with van der Waals surface area (Å²) < 4.78 is 125. The molecule has 2 aliphatic carbocycles. The highest BCUT2D eigenvalue weighted by atomic mass is 35.6.